The molecule has 0 bridgehead atoms. The zero-order valence-corrected chi connectivity index (χ0v) is 17.0. The first-order chi connectivity index (χ1) is 12.8. The summed E-state index contributed by atoms with van der Waals surface area (Å²) in [6.07, 6.45) is 1.32. The number of carbonyl (C=O) groups excluding carboxylic acids is 1. The van der Waals surface area contributed by atoms with E-state index in [9.17, 15) is 4.79 Å². The van der Waals surface area contributed by atoms with Crippen LogP contribution in [-0.2, 0) is 17.8 Å². The Labute approximate surface area is 164 Å². The summed E-state index contributed by atoms with van der Waals surface area (Å²) < 4.78 is 1.99. The highest BCUT2D eigenvalue weighted by Gasteiger charge is 2.26. The third-order valence-corrected chi connectivity index (χ3v) is 6.10. The van der Waals surface area contributed by atoms with Crippen LogP contribution < -0.4 is 0 Å². The number of aromatic amines is 1. The molecule has 1 aliphatic rings. The highest BCUT2D eigenvalue weighted by molar-refractivity contribution is 6.31. The average Bonchev–Trinajstić information content (AvgIpc) is 3.13. The lowest BCUT2D eigenvalue weighted by molar-refractivity contribution is -0.133. The van der Waals surface area contributed by atoms with Gasteiger partial charge in [-0.15, -0.1) is 0 Å². The Morgan fingerprint density at radius 3 is 2.81 bits per heavy atom. The van der Waals surface area contributed by atoms with E-state index in [-0.39, 0.29) is 11.9 Å². The second kappa shape index (κ2) is 6.71. The van der Waals surface area contributed by atoms with Gasteiger partial charge in [-0.25, -0.2) is 0 Å². The lowest BCUT2D eigenvalue weighted by Gasteiger charge is -2.28. The molecule has 1 amide bonds. The van der Waals surface area contributed by atoms with Crippen molar-refractivity contribution < 1.29 is 4.79 Å². The Hall–Kier alpha value is -2.27. The van der Waals surface area contributed by atoms with Crippen LogP contribution in [0, 0.1) is 20.8 Å². The molecule has 0 fully saturated rings. The molecule has 3 aromatic rings. The number of hydrogen-bond acceptors (Lipinski definition) is 2. The summed E-state index contributed by atoms with van der Waals surface area (Å²) in [7, 11) is 0. The minimum absolute atomic E-state index is 0.0489. The van der Waals surface area contributed by atoms with Crippen LogP contribution in [0.25, 0.3) is 10.9 Å². The van der Waals surface area contributed by atoms with Crippen molar-refractivity contribution in [1.29, 1.82) is 0 Å². The van der Waals surface area contributed by atoms with Gasteiger partial charge in [0.05, 0.1) is 18.3 Å². The van der Waals surface area contributed by atoms with Crippen LogP contribution in [0.1, 0.15) is 47.6 Å². The number of aromatic nitrogens is 3. The molecule has 5 nitrogen and oxygen atoms in total. The summed E-state index contributed by atoms with van der Waals surface area (Å²) in [5.41, 5.74) is 6.88. The summed E-state index contributed by atoms with van der Waals surface area (Å²) in [6.45, 7) is 9.60. The van der Waals surface area contributed by atoms with Crippen molar-refractivity contribution in [2.45, 2.75) is 53.1 Å². The SMILES string of the molecule is Cc1nn([C@@H](C)CC(=O)N2CCc3c([nH]c4ccc(Cl)cc34)C2)c(C)c1C. The second-order valence-corrected chi connectivity index (χ2v) is 8.07. The van der Waals surface area contributed by atoms with E-state index >= 15 is 0 Å². The lowest BCUT2D eigenvalue weighted by Crippen LogP contribution is -2.37. The van der Waals surface area contributed by atoms with Gasteiger partial charge >= 0.3 is 0 Å². The van der Waals surface area contributed by atoms with Gasteiger partial charge in [-0.1, -0.05) is 11.6 Å². The number of amides is 1. The van der Waals surface area contributed by atoms with Crippen molar-refractivity contribution in [2.24, 2.45) is 0 Å². The fourth-order valence-electron chi connectivity index (χ4n) is 4.07. The second-order valence-electron chi connectivity index (χ2n) is 7.63. The number of benzene rings is 1. The Bertz CT molecular complexity index is 1030. The molecule has 0 saturated carbocycles. The molecule has 1 N–H and O–H groups in total. The summed E-state index contributed by atoms with van der Waals surface area (Å²) >= 11 is 6.15. The number of H-pyrrole nitrogens is 1. The Morgan fingerprint density at radius 2 is 2.11 bits per heavy atom. The number of halogens is 1. The highest BCUT2D eigenvalue weighted by Crippen LogP contribution is 2.30. The number of nitrogens with one attached hydrogen (secondary N) is 1. The largest absolute Gasteiger partial charge is 0.357 e. The van der Waals surface area contributed by atoms with Gasteiger partial charge in [0.2, 0.25) is 5.91 Å². The van der Waals surface area contributed by atoms with Crippen LogP contribution in [0.4, 0.5) is 0 Å². The Balaban J connectivity index is 1.51. The van der Waals surface area contributed by atoms with Gasteiger partial charge < -0.3 is 9.88 Å². The molecular weight excluding hydrogens is 360 g/mol. The number of carbonyl (C=O) groups is 1. The first-order valence-corrected chi connectivity index (χ1v) is 9.82. The summed E-state index contributed by atoms with van der Waals surface area (Å²) in [5.74, 6) is 0.176. The number of aryl methyl sites for hydroxylation is 1. The van der Waals surface area contributed by atoms with Gasteiger partial charge in [-0.2, -0.15) is 5.10 Å². The molecule has 1 aliphatic heterocycles. The maximum Gasteiger partial charge on any atom is 0.225 e. The van der Waals surface area contributed by atoms with Crippen molar-refractivity contribution in [2.75, 3.05) is 6.54 Å². The highest BCUT2D eigenvalue weighted by atomic mass is 35.5. The van der Waals surface area contributed by atoms with Gasteiger partial charge in [0.15, 0.2) is 0 Å². The molecule has 2 aromatic heterocycles. The van der Waals surface area contributed by atoms with E-state index in [1.165, 1.54) is 16.5 Å². The fraction of sp³-hybridized carbons (Fsp3) is 0.429. The smallest absolute Gasteiger partial charge is 0.225 e. The molecule has 3 heterocycles. The Morgan fingerprint density at radius 1 is 1.33 bits per heavy atom. The maximum absolute atomic E-state index is 12.9. The van der Waals surface area contributed by atoms with Crippen LogP contribution in [0.2, 0.25) is 5.02 Å². The van der Waals surface area contributed by atoms with Crippen molar-refractivity contribution in [1.82, 2.24) is 19.7 Å². The minimum atomic E-state index is 0.0489. The molecule has 142 valence electrons. The molecule has 4 rings (SSSR count). The molecule has 0 unspecified atom stereocenters. The number of fused-ring (bicyclic) bond motifs is 3. The third-order valence-electron chi connectivity index (χ3n) is 5.86. The first kappa shape index (κ1) is 18.1. The zero-order chi connectivity index (χ0) is 19.3. The summed E-state index contributed by atoms with van der Waals surface area (Å²) in [4.78, 5) is 18.3. The number of nitrogens with zero attached hydrogens (tertiary/aromatic N) is 3. The minimum Gasteiger partial charge on any atom is -0.357 e. The normalized spacial score (nSPS) is 15.2. The van der Waals surface area contributed by atoms with Crippen molar-refractivity contribution in [3.05, 3.63) is 51.4 Å². The molecule has 1 atom stereocenters. The van der Waals surface area contributed by atoms with Crippen LogP contribution in [-0.4, -0.2) is 32.1 Å². The van der Waals surface area contributed by atoms with E-state index in [1.54, 1.807) is 0 Å². The molecule has 27 heavy (non-hydrogen) atoms. The summed E-state index contributed by atoms with van der Waals surface area (Å²) in [6, 6.07) is 5.96. The van der Waals surface area contributed by atoms with Crippen molar-refractivity contribution in [3.63, 3.8) is 0 Å². The van der Waals surface area contributed by atoms with Gasteiger partial charge in [-0.05, 0) is 63.4 Å². The van der Waals surface area contributed by atoms with Gasteiger partial charge in [0.1, 0.15) is 0 Å². The topological polar surface area (TPSA) is 53.9 Å². The standard InChI is InChI=1S/C21H25ClN4O/c1-12(26-15(4)13(2)14(3)24-26)9-21(27)25-8-7-17-18-10-16(22)5-6-19(18)23-20(17)11-25/h5-6,10,12,23H,7-9,11H2,1-4H3/t12-/m0/s1. The predicted octanol–water partition coefficient (Wildman–Crippen LogP) is 4.48. The number of rotatable bonds is 3. The monoisotopic (exact) mass is 384 g/mol. The van der Waals surface area contributed by atoms with Crippen LogP contribution in [0.15, 0.2) is 18.2 Å². The van der Waals surface area contributed by atoms with E-state index in [1.807, 2.05) is 34.7 Å². The third kappa shape index (κ3) is 3.14. The molecule has 0 saturated heterocycles. The first-order valence-electron chi connectivity index (χ1n) is 9.44. The molecular formula is C21H25ClN4O. The van der Waals surface area contributed by atoms with Gasteiger partial charge in [0.25, 0.3) is 0 Å². The van der Waals surface area contributed by atoms with Crippen molar-refractivity contribution >= 4 is 28.4 Å². The Kier molecular flexibility index (Phi) is 4.50. The van der Waals surface area contributed by atoms with E-state index in [2.05, 4.69) is 30.9 Å². The number of hydrogen-bond donors (Lipinski definition) is 1. The van der Waals surface area contributed by atoms with E-state index < -0.39 is 0 Å². The molecule has 0 spiro atoms. The molecule has 0 aliphatic carbocycles. The van der Waals surface area contributed by atoms with Crippen LogP contribution >= 0.6 is 11.6 Å². The fourth-order valence-corrected chi connectivity index (χ4v) is 4.24. The summed E-state index contributed by atoms with van der Waals surface area (Å²) in [5, 5.41) is 6.53. The lowest BCUT2D eigenvalue weighted by atomic mass is 10.0. The van der Waals surface area contributed by atoms with E-state index in [0.717, 1.165) is 40.6 Å². The van der Waals surface area contributed by atoms with Gasteiger partial charge in [0, 0.05) is 40.3 Å². The van der Waals surface area contributed by atoms with Gasteiger partial charge in [-0.3, -0.25) is 9.48 Å². The van der Waals surface area contributed by atoms with E-state index in [4.69, 9.17) is 11.6 Å². The van der Waals surface area contributed by atoms with Crippen LogP contribution in [0.5, 0.6) is 0 Å². The maximum atomic E-state index is 12.9. The molecule has 1 aromatic carbocycles. The molecule has 0 radical (unpaired) electrons. The van der Waals surface area contributed by atoms with Crippen LogP contribution in [0.3, 0.4) is 0 Å². The predicted molar refractivity (Wildman–Crippen MR) is 108 cm³/mol. The molecule has 6 heteroatoms. The average molecular weight is 385 g/mol. The quantitative estimate of drug-likeness (QED) is 0.723. The van der Waals surface area contributed by atoms with E-state index in [0.29, 0.717) is 13.0 Å². The van der Waals surface area contributed by atoms with Crippen molar-refractivity contribution in [3.8, 4) is 0 Å². The zero-order valence-electron chi connectivity index (χ0n) is 16.3.